The third-order valence-corrected chi connectivity index (χ3v) is 8.36. The van der Waals surface area contributed by atoms with Crippen LogP contribution in [-0.4, -0.2) is 24.9 Å². The number of rotatable bonds is 6. The van der Waals surface area contributed by atoms with Crippen molar-refractivity contribution in [1.29, 1.82) is 0 Å². The fraction of sp³-hybridized carbons (Fsp3) is 0.121. The minimum atomic E-state index is -1.12. The van der Waals surface area contributed by atoms with Gasteiger partial charge in [-0.05, 0) is 57.4 Å². The Morgan fingerprint density at radius 2 is 1.51 bits per heavy atom. The van der Waals surface area contributed by atoms with E-state index in [-0.39, 0.29) is 0 Å². The first-order chi connectivity index (χ1) is 19.9. The lowest BCUT2D eigenvalue weighted by molar-refractivity contribution is 0.681. The van der Waals surface area contributed by atoms with Gasteiger partial charge in [0.1, 0.15) is 9.04 Å². The zero-order valence-corrected chi connectivity index (χ0v) is 25.4. The van der Waals surface area contributed by atoms with Gasteiger partial charge in [0, 0.05) is 22.9 Å². The van der Waals surface area contributed by atoms with Crippen LogP contribution in [0.2, 0.25) is 0 Å². The van der Waals surface area contributed by atoms with Crippen LogP contribution in [0.1, 0.15) is 19.8 Å². The summed E-state index contributed by atoms with van der Waals surface area (Å²) >= 11 is 2.90. The van der Waals surface area contributed by atoms with Gasteiger partial charge >= 0.3 is 0 Å². The molecule has 8 heteroatoms. The fourth-order valence-corrected chi connectivity index (χ4v) is 6.24. The van der Waals surface area contributed by atoms with Gasteiger partial charge in [-0.3, -0.25) is 4.21 Å². The van der Waals surface area contributed by atoms with Crippen molar-refractivity contribution in [3.05, 3.63) is 127 Å². The van der Waals surface area contributed by atoms with E-state index in [1.807, 2.05) is 35.7 Å². The Bertz CT molecular complexity index is 1670. The van der Waals surface area contributed by atoms with Gasteiger partial charge in [0.2, 0.25) is 0 Å². The highest BCUT2D eigenvalue weighted by Gasteiger charge is 2.22. The minimum absolute atomic E-state index is 0.536. The molecule has 0 fully saturated rings. The van der Waals surface area contributed by atoms with Gasteiger partial charge in [0.25, 0.3) is 0 Å². The molecule has 2 N–H and O–H groups in total. The second-order valence-electron chi connectivity index (χ2n) is 7.30. The summed E-state index contributed by atoms with van der Waals surface area (Å²) in [5, 5.41) is 3.44. The number of nitrogen functional groups attached to an aromatic ring is 1. The highest BCUT2D eigenvalue weighted by atomic mass is 32.2. The van der Waals surface area contributed by atoms with Crippen molar-refractivity contribution >= 4 is 49.4 Å². The molecule has 1 unspecified atom stereocenters. The molecule has 0 radical (unpaired) electrons. The standard InChI is InChI=1S/C19H18N4OS3.2C5H4.C4H4/c1-2-3-11-27(24)19-14(20)13-15(12-7-5-4-6-8-12)22-16(23-17(13)26-19)18-21-9-10-25-18;2*1-3-5-4-2;1-3-4-2/h4-10H,2-3,11,20H2,1H3;2*1-2H2;1-2H2. The van der Waals surface area contributed by atoms with Crippen LogP contribution in [0.25, 0.3) is 32.3 Å². The van der Waals surface area contributed by atoms with Crippen molar-refractivity contribution in [1.82, 2.24) is 15.0 Å². The zero-order valence-electron chi connectivity index (χ0n) is 23.0. The number of hydrogen-bond acceptors (Lipinski definition) is 7. The summed E-state index contributed by atoms with van der Waals surface area (Å²) in [5.74, 6) is 1.18. The third kappa shape index (κ3) is 11.1. The number of thiazole rings is 1. The highest BCUT2D eigenvalue weighted by Crippen LogP contribution is 2.41. The molecule has 4 aromatic rings. The van der Waals surface area contributed by atoms with Gasteiger partial charge in [-0.25, -0.2) is 15.0 Å². The first-order valence-electron chi connectivity index (χ1n) is 12.0. The molecule has 0 saturated carbocycles. The molecule has 41 heavy (non-hydrogen) atoms. The third-order valence-electron chi connectivity index (χ3n) is 4.59. The van der Waals surface area contributed by atoms with E-state index in [0.29, 0.717) is 21.5 Å². The number of anilines is 1. The largest absolute Gasteiger partial charge is 0.396 e. The Morgan fingerprint density at radius 1 is 0.902 bits per heavy atom. The number of hydrogen-bond donors (Lipinski definition) is 1. The summed E-state index contributed by atoms with van der Waals surface area (Å²) in [4.78, 5) is 14.6. The fourth-order valence-electron chi connectivity index (χ4n) is 2.90. The summed E-state index contributed by atoms with van der Waals surface area (Å²) < 4.78 is 13.4. The van der Waals surface area contributed by atoms with E-state index in [1.54, 1.807) is 6.20 Å². The second kappa shape index (κ2) is 20.2. The van der Waals surface area contributed by atoms with Gasteiger partial charge in [-0.15, -0.1) is 22.7 Å². The lowest BCUT2D eigenvalue weighted by Gasteiger charge is -2.06. The van der Waals surface area contributed by atoms with Crippen LogP contribution in [0.4, 0.5) is 5.69 Å². The van der Waals surface area contributed by atoms with E-state index in [4.69, 9.17) is 10.7 Å². The molecular weight excluding hydrogens is 565 g/mol. The molecule has 1 atom stereocenters. The van der Waals surface area contributed by atoms with Gasteiger partial charge in [-0.1, -0.05) is 78.1 Å². The molecule has 3 heterocycles. The van der Waals surface area contributed by atoms with Crippen molar-refractivity contribution < 1.29 is 4.21 Å². The molecule has 0 aliphatic rings. The summed E-state index contributed by atoms with van der Waals surface area (Å²) in [5.41, 5.74) is 27.5. The van der Waals surface area contributed by atoms with E-state index in [1.165, 1.54) is 22.7 Å². The minimum Gasteiger partial charge on any atom is -0.396 e. The molecule has 4 rings (SSSR count). The summed E-state index contributed by atoms with van der Waals surface area (Å²) in [7, 11) is -1.12. The van der Waals surface area contributed by atoms with E-state index >= 15 is 0 Å². The highest BCUT2D eigenvalue weighted by molar-refractivity contribution is 7.87. The average molecular weight is 595 g/mol. The van der Waals surface area contributed by atoms with Gasteiger partial charge < -0.3 is 5.73 Å². The van der Waals surface area contributed by atoms with Crippen LogP contribution in [-0.2, 0) is 10.8 Å². The molecular formula is C33H30N4OS3. The molecule has 3 aromatic heterocycles. The molecule has 0 aliphatic carbocycles. The smallest absolute Gasteiger partial charge is 0.190 e. The molecule has 1 aromatic carbocycles. The lowest BCUT2D eigenvalue weighted by Crippen LogP contribution is -1.99. The van der Waals surface area contributed by atoms with Crippen molar-refractivity contribution in [3.63, 3.8) is 0 Å². The van der Waals surface area contributed by atoms with E-state index < -0.39 is 10.8 Å². The van der Waals surface area contributed by atoms with Crippen LogP contribution in [0, 0.1) is 0 Å². The molecule has 0 bridgehead atoms. The number of benzene rings is 1. The van der Waals surface area contributed by atoms with Crippen molar-refractivity contribution in [2.24, 2.45) is 0 Å². The lowest BCUT2D eigenvalue weighted by atomic mass is 10.1. The van der Waals surface area contributed by atoms with Crippen molar-refractivity contribution in [2.45, 2.75) is 24.0 Å². The molecule has 206 valence electrons. The van der Waals surface area contributed by atoms with Gasteiger partial charge in [0.05, 0.1) is 27.6 Å². The predicted molar refractivity (Wildman–Crippen MR) is 176 cm³/mol. The monoisotopic (exact) mass is 594 g/mol. The first kappa shape index (κ1) is 34.3. The summed E-state index contributed by atoms with van der Waals surface area (Å²) in [6.45, 7) is 21.3. The van der Waals surface area contributed by atoms with Gasteiger partial charge in [-0.2, -0.15) is 0 Å². The SMILES string of the molecule is C=C=C=C.C=C=C=C=C.C=C=C=C=C.CCCCS(=O)c1sc2nc(-c3nccs3)nc(-c3ccccc3)c2c1N. The number of nitrogens with two attached hydrogens (primary N) is 1. The topological polar surface area (TPSA) is 81.8 Å². The van der Waals surface area contributed by atoms with Crippen molar-refractivity contribution in [3.8, 4) is 22.1 Å². The van der Waals surface area contributed by atoms with Crippen molar-refractivity contribution in [2.75, 3.05) is 11.5 Å². The Labute approximate surface area is 252 Å². The van der Waals surface area contributed by atoms with Crippen LogP contribution < -0.4 is 5.73 Å². The maximum absolute atomic E-state index is 12.7. The number of thiophene rings is 1. The van der Waals surface area contributed by atoms with E-state index in [2.05, 4.69) is 102 Å². The van der Waals surface area contributed by atoms with E-state index in [0.717, 1.165) is 39.3 Å². The molecule has 0 spiro atoms. The molecule has 0 saturated heterocycles. The summed E-state index contributed by atoms with van der Waals surface area (Å²) in [6.07, 6.45) is 3.64. The van der Waals surface area contributed by atoms with Crippen LogP contribution in [0.15, 0.2) is 131 Å². The van der Waals surface area contributed by atoms with Gasteiger partial charge in [0.15, 0.2) is 10.8 Å². The average Bonchev–Trinajstić information content (AvgIpc) is 3.66. The molecule has 5 nitrogen and oxygen atoms in total. The quantitative estimate of drug-likeness (QED) is 0.226. The first-order valence-corrected chi connectivity index (χ1v) is 15.0. The Kier molecular flexibility index (Phi) is 16.9. The number of fused-ring (bicyclic) bond motifs is 1. The second-order valence-corrected chi connectivity index (χ2v) is 11.0. The zero-order chi connectivity index (χ0) is 30.5. The number of nitrogens with zero attached hydrogens (tertiary/aromatic N) is 3. The maximum atomic E-state index is 12.7. The number of unbranched alkanes of at least 4 members (excludes halogenated alkanes) is 1. The maximum Gasteiger partial charge on any atom is 0.190 e. The normalized spacial score (nSPS) is 9.29. The Hall–Kier alpha value is -4.70. The number of aromatic nitrogens is 3. The Balaban J connectivity index is 0.000000501. The van der Waals surface area contributed by atoms with E-state index in [9.17, 15) is 4.21 Å². The molecule has 0 amide bonds. The Morgan fingerprint density at radius 3 is 1.98 bits per heavy atom. The van der Waals surface area contributed by atoms with Crippen LogP contribution in [0.3, 0.4) is 0 Å². The van der Waals surface area contributed by atoms with Crippen LogP contribution >= 0.6 is 22.7 Å². The summed E-state index contributed by atoms with van der Waals surface area (Å²) in [6, 6.07) is 9.90. The molecule has 0 aliphatic heterocycles. The predicted octanol–water partition coefficient (Wildman–Crippen LogP) is 8.62. The van der Waals surface area contributed by atoms with Crippen LogP contribution in [0.5, 0.6) is 0 Å².